The van der Waals surface area contributed by atoms with Gasteiger partial charge in [-0.3, -0.25) is 0 Å². The van der Waals surface area contributed by atoms with Gasteiger partial charge in [0.25, 0.3) is 0 Å². The van der Waals surface area contributed by atoms with Crippen molar-refractivity contribution >= 4 is 87.2 Å². The Balaban J connectivity index is 1.08. The van der Waals surface area contributed by atoms with E-state index in [0.29, 0.717) is 17.5 Å². The summed E-state index contributed by atoms with van der Waals surface area (Å²) in [6.45, 7) is 0. The molecule has 0 aliphatic carbocycles. The summed E-state index contributed by atoms with van der Waals surface area (Å²) >= 11 is 0. The van der Waals surface area contributed by atoms with Gasteiger partial charge in [0.05, 0.1) is 44.1 Å². The minimum Gasteiger partial charge on any atom is -0.309 e. The van der Waals surface area contributed by atoms with E-state index in [2.05, 4.69) is 243 Å². The van der Waals surface area contributed by atoms with Crippen LogP contribution in [0.25, 0.3) is 144 Å². The third-order valence-corrected chi connectivity index (χ3v) is 15.4. The van der Waals surface area contributed by atoms with Crippen molar-refractivity contribution in [2.75, 3.05) is 0 Å². The summed E-state index contributed by atoms with van der Waals surface area (Å²) in [6, 6.07) is 93.3. The molecule has 7 heteroatoms. The lowest BCUT2D eigenvalue weighted by Crippen LogP contribution is -2.01. The molecule has 0 saturated heterocycles. The van der Waals surface area contributed by atoms with Crippen LogP contribution in [0, 0.1) is 0 Å². The molecule has 0 N–H and O–H groups in total. The highest BCUT2D eigenvalue weighted by molar-refractivity contribution is 6.30. The Morgan fingerprint density at radius 1 is 0.224 bits per heavy atom. The minimum absolute atomic E-state index is 0.602. The van der Waals surface area contributed by atoms with Gasteiger partial charge < -0.3 is 18.3 Å². The Labute approximate surface area is 436 Å². The molecule has 0 radical (unpaired) electrons. The zero-order valence-corrected chi connectivity index (χ0v) is 41.0. The Hall–Kier alpha value is -10.4. The Kier molecular flexibility index (Phi) is 9.20. The van der Waals surface area contributed by atoms with E-state index in [9.17, 15) is 0 Å². The number of aromatic nitrogens is 7. The van der Waals surface area contributed by atoms with Crippen LogP contribution >= 0.6 is 0 Å². The quantitative estimate of drug-likeness (QED) is 0.160. The molecule has 0 saturated carbocycles. The number of hydrogen-bond donors (Lipinski definition) is 0. The van der Waals surface area contributed by atoms with Gasteiger partial charge in [-0.15, -0.1) is 0 Å². The Morgan fingerprint density at radius 3 is 1.22 bits per heavy atom. The lowest BCUT2D eigenvalue weighted by atomic mass is 10.0. The summed E-state index contributed by atoms with van der Waals surface area (Å²) < 4.78 is 9.81. The lowest BCUT2D eigenvalue weighted by molar-refractivity contribution is 1.08. The molecule has 0 amide bonds. The van der Waals surface area contributed by atoms with Gasteiger partial charge in [0.15, 0.2) is 17.5 Å². The maximum absolute atomic E-state index is 5.43. The molecule has 0 aliphatic rings. The van der Waals surface area contributed by atoms with Crippen molar-refractivity contribution in [3.63, 3.8) is 0 Å². The lowest BCUT2D eigenvalue weighted by Gasteiger charge is -2.13. The predicted molar refractivity (Wildman–Crippen MR) is 313 cm³/mol. The van der Waals surface area contributed by atoms with E-state index in [0.717, 1.165) is 94.1 Å². The second-order valence-electron chi connectivity index (χ2n) is 19.5. The van der Waals surface area contributed by atoms with Crippen molar-refractivity contribution in [3.05, 3.63) is 261 Å². The Bertz CT molecular complexity index is 4900. The van der Waals surface area contributed by atoms with Crippen LogP contribution in [-0.4, -0.2) is 33.2 Å². The highest BCUT2D eigenvalue weighted by atomic mass is 15.1. The summed E-state index contributed by atoms with van der Waals surface area (Å²) in [7, 11) is 0. The van der Waals surface area contributed by atoms with Crippen LogP contribution in [-0.2, 0) is 0 Å². The normalized spacial score (nSPS) is 11.9. The van der Waals surface area contributed by atoms with Crippen LogP contribution < -0.4 is 0 Å². The molecule has 5 aromatic heterocycles. The smallest absolute Gasteiger partial charge is 0.164 e. The van der Waals surface area contributed by atoms with Crippen LogP contribution in [0.2, 0.25) is 0 Å². The first-order valence-corrected chi connectivity index (χ1v) is 25.8. The summed E-state index contributed by atoms with van der Waals surface area (Å²) in [4.78, 5) is 16.0. The standard InChI is InChI=1S/C69H43N7/c1-6-22-44(23-7-1)67-70-68(45-24-8-2-9-25-45)72-69(71-67)55-43-61-64(66-62(55)52-33-17-21-37-58(52)75(66)48-30-14-5-15-31-48)54-42-49(38-40-59(54)74(61)47-28-12-4-13-29-47)76-56-35-19-16-32-50(56)51-39-41-60-63(65(51)76)53-34-18-20-36-57(53)73(60)46-26-10-3-11-27-46/h1-43H. The van der Waals surface area contributed by atoms with Gasteiger partial charge >= 0.3 is 0 Å². The molecule has 16 aromatic rings. The second kappa shape index (κ2) is 16.6. The van der Waals surface area contributed by atoms with Crippen LogP contribution in [0.15, 0.2) is 261 Å². The molecule has 0 fully saturated rings. The van der Waals surface area contributed by atoms with Crippen LogP contribution in [0.3, 0.4) is 0 Å². The van der Waals surface area contributed by atoms with Crippen molar-refractivity contribution in [1.29, 1.82) is 0 Å². The summed E-state index contributed by atoms with van der Waals surface area (Å²) in [5.41, 5.74) is 16.1. The van der Waals surface area contributed by atoms with E-state index in [1.165, 1.54) is 32.6 Å². The van der Waals surface area contributed by atoms with Gasteiger partial charge in [0.1, 0.15) is 0 Å². The van der Waals surface area contributed by atoms with Gasteiger partial charge in [-0.1, -0.05) is 176 Å². The zero-order chi connectivity index (χ0) is 49.8. The number of para-hydroxylation sites is 6. The van der Waals surface area contributed by atoms with Crippen LogP contribution in [0.5, 0.6) is 0 Å². The molecular formula is C69H43N7. The van der Waals surface area contributed by atoms with E-state index in [-0.39, 0.29) is 0 Å². The molecule has 0 unspecified atom stereocenters. The predicted octanol–water partition coefficient (Wildman–Crippen LogP) is 17.3. The zero-order valence-electron chi connectivity index (χ0n) is 41.0. The van der Waals surface area contributed by atoms with Crippen molar-refractivity contribution in [2.45, 2.75) is 0 Å². The average Bonchev–Trinajstić information content (AvgIpc) is 4.40. The Morgan fingerprint density at radius 2 is 0.632 bits per heavy atom. The van der Waals surface area contributed by atoms with Crippen LogP contribution in [0.1, 0.15) is 0 Å². The SMILES string of the molecule is c1ccc(-c2nc(-c3ccccc3)nc(-c3cc4c(c5cc(-n6c7ccccc7c7ccc8c(c9ccccc9n8-c8ccccc8)c76)ccc5n4-c4ccccc4)c4c3c3ccccc3n4-c3ccccc3)n2)cc1. The number of benzene rings is 11. The first-order chi connectivity index (χ1) is 37.7. The summed E-state index contributed by atoms with van der Waals surface area (Å²) in [5.74, 6) is 1.83. The topological polar surface area (TPSA) is 58.4 Å². The first kappa shape index (κ1) is 42.2. The number of hydrogen-bond acceptors (Lipinski definition) is 3. The van der Waals surface area contributed by atoms with E-state index in [1.54, 1.807) is 0 Å². The summed E-state index contributed by atoms with van der Waals surface area (Å²) in [6.07, 6.45) is 0. The van der Waals surface area contributed by atoms with Crippen molar-refractivity contribution in [2.24, 2.45) is 0 Å². The molecule has 16 rings (SSSR count). The first-order valence-electron chi connectivity index (χ1n) is 25.8. The molecule has 354 valence electrons. The maximum Gasteiger partial charge on any atom is 0.164 e. The van der Waals surface area contributed by atoms with Crippen molar-refractivity contribution in [1.82, 2.24) is 33.2 Å². The third kappa shape index (κ3) is 6.20. The van der Waals surface area contributed by atoms with E-state index < -0.39 is 0 Å². The third-order valence-electron chi connectivity index (χ3n) is 15.4. The fraction of sp³-hybridized carbons (Fsp3) is 0. The van der Waals surface area contributed by atoms with Gasteiger partial charge in [-0.25, -0.2) is 15.0 Å². The fourth-order valence-corrected chi connectivity index (χ4v) is 12.2. The van der Waals surface area contributed by atoms with Crippen molar-refractivity contribution in [3.8, 4) is 56.9 Å². The second-order valence-corrected chi connectivity index (χ2v) is 19.5. The summed E-state index contributed by atoms with van der Waals surface area (Å²) in [5, 5.41) is 9.29. The van der Waals surface area contributed by atoms with Gasteiger partial charge in [0.2, 0.25) is 0 Å². The molecular weight excluding hydrogens is 927 g/mol. The van der Waals surface area contributed by atoms with Crippen molar-refractivity contribution < 1.29 is 0 Å². The van der Waals surface area contributed by atoms with E-state index in [1.807, 2.05) is 36.4 Å². The number of rotatable bonds is 7. The highest BCUT2D eigenvalue weighted by Gasteiger charge is 2.28. The molecule has 0 bridgehead atoms. The average molecular weight is 970 g/mol. The van der Waals surface area contributed by atoms with E-state index in [4.69, 9.17) is 15.0 Å². The van der Waals surface area contributed by atoms with Gasteiger partial charge in [0, 0.05) is 82.5 Å². The van der Waals surface area contributed by atoms with Gasteiger partial charge in [-0.2, -0.15) is 0 Å². The molecule has 76 heavy (non-hydrogen) atoms. The van der Waals surface area contributed by atoms with Gasteiger partial charge in [-0.05, 0) is 84.9 Å². The van der Waals surface area contributed by atoms with Crippen LogP contribution in [0.4, 0.5) is 0 Å². The molecule has 0 spiro atoms. The molecule has 5 heterocycles. The maximum atomic E-state index is 5.43. The molecule has 0 atom stereocenters. The minimum atomic E-state index is 0.602. The molecule has 0 aliphatic heterocycles. The number of nitrogens with zero attached hydrogens (tertiary/aromatic N) is 7. The molecule has 7 nitrogen and oxygen atoms in total. The number of fused-ring (bicyclic) bond motifs is 14. The fourth-order valence-electron chi connectivity index (χ4n) is 12.2. The largest absolute Gasteiger partial charge is 0.309 e. The highest BCUT2D eigenvalue weighted by Crippen LogP contribution is 2.48. The molecule has 11 aromatic carbocycles. The van der Waals surface area contributed by atoms with E-state index >= 15 is 0 Å². The monoisotopic (exact) mass is 969 g/mol.